The summed E-state index contributed by atoms with van der Waals surface area (Å²) >= 11 is 1.03. The van der Waals surface area contributed by atoms with Gasteiger partial charge in [0, 0.05) is 39.3 Å². The molecule has 2 heterocycles. The van der Waals surface area contributed by atoms with Crippen molar-refractivity contribution in [2.45, 2.75) is 58.3 Å². The highest BCUT2D eigenvalue weighted by molar-refractivity contribution is 8.13. The Kier molecular flexibility index (Phi) is 8.75. The second-order valence-electron chi connectivity index (χ2n) is 8.05. The van der Waals surface area contributed by atoms with Gasteiger partial charge in [0.2, 0.25) is 5.12 Å². The molecule has 0 N–H and O–H groups in total. The maximum absolute atomic E-state index is 12.6. The molecule has 3 rings (SSSR count). The molecule has 5 atom stereocenters. The van der Waals surface area contributed by atoms with Crippen molar-refractivity contribution in [3.63, 3.8) is 0 Å². The molecule has 1 saturated heterocycles. The van der Waals surface area contributed by atoms with E-state index in [0.29, 0.717) is 16.5 Å². The summed E-state index contributed by atoms with van der Waals surface area (Å²) < 4.78 is 29.4. The van der Waals surface area contributed by atoms with Crippen molar-refractivity contribution >= 4 is 51.7 Å². The van der Waals surface area contributed by atoms with Crippen LogP contribution in [0.2, 0.25) is 0 Å². The van der Waals surface area contributed by atoms with Crippen LogP contribution in [-0.2, 0) is 42.9 Å². The Hall–Kier alpha value is -3.38. The lowest BCUT2D eigenvalue weighted by Crippen LogP contribution is -2.60. The summed E-state index contributed by atoms with van der Waals surface area (Å²) in [5.41, 5.74) is 0.974. The first-order chi connectivity index (χ1) is 17.0. The Bertz CT molecular complexity index is 1170. The van der Waals surface area contributed by atoms with E-state index in [9.17, 15) is 24.0 Å². The first-order valence-corrected chi connectivity index (χ1v) is 12.2. The van der Waals surface area contributed by atoms with Crippen molar-refractivity contribution < 1.29 is 47.7 Å². The minimum atomic E-state index is -1.31. The number of hydrogen-bond donors (Lipinski definition) is 0. The molecule has 12 heteroatoms. The Labute approximate surface area is 211 Å². The summed E-state index contributed by atoms with van der Waals surface area (Å²) in [6, 6.07) is 7.05. The Morgan fingerprint density at radius 1 is 0.861 bits per heavy atom. The van der Waals surface area contributed by atoms with Crippen molar-refractivity contribution in [2.75, 3.05) is 12.9 Å². The number of rotatable bonds is 7. The van der Waals surface area contributed by atoms with E-state index in [1.807, 2.05) is 0 Å². The van der Waals surface area contributed by atoms with Gasteiger partial charge in [0.15, 0.2) is 24.5 Å². The van der Waals surface area contributed by atoms with Gasteiger partial charge in [-0.1, -0.05) is 30.0 Å². The molecule has 0 spiro atoms. The highest BCUT2D eigenvalue weighted by Crippen LogP contribution is 2.38. The largest absolute Gasteiger partial charge is 0.463 e. The van der Waals surface area contributed by atoms with Gasteiger partial charge in [-0.05, 0) is 12.3 Å². The number of hydrogen-bond acceptors (Lipinski definition) is 11. The van der Waals surface area contributed by atoms with Crippen molar-refractivity contribution in [2.24, 2.45) is 0 Å². The molecule has 0 amide bonds. The molecule has 1 aromatic carbocycles. The quantitative estimate of drug-likeness (QED) is 0.392. The molecule has 11 nitrogen and oxygen atoms in total. The molecule has 0 bridgehead atoms. The second kappa shape index (κ2) is 11.6. The van der Waals surface area contributed by atoms with E-state index in [0.717, 1.165) is 25.6 Å². The number of para-hydroxylation sites is 1. The molecule has 36 heavy (non-hydrogen) atoms. The van der Waals surface area contributed by atoms with Gasteiger partial charge in [0.05, 0.1) is 11.1 Å². The second-order valence-corrected chi connectivity index (χ2v) is 8.83. The zero-order valence-corrected chi connectivity index (χ0v) is 21.2. The predicted octanol–water partition coefficient (Wildman–Crippen LogP) is 2.40. The van der Waals surface area contributed by atoms with Crippen LogP contribution in [0.5, 0.6) is 0 Å². The topological polar surface area (TPSA) is 136 Å². The number of carbonyl (C=O) groups is 5. The Morgan fingerprint density at radius 2 is 1.44 bits per heavy atom. The number of ether oxygens (including phenoxy) is 5. The minimum Gasteiger partial charge on any atom is -0.463 e. The van der Waals surface area contributed by atoms with Crippen LogP contribution in [0, 0.1) is 0 Å². The van der Waals surface area contributed by atoms with Crippen LogP contribution in [0.25, 0.3) is 10.9 Å². The first-order valence-electron chi connectivity index (χ1n) is 11.0. The number of nitrogens with zero attached hydrogens (tertiary/aromatic N) is 1. The third kappa shape index (κ3) is 6.05. The van der Waals surface area contributed by atoms with E-state index in [1.165, 1.54) is 13.8 Å². The summed E-state index contributed by atoms with van der Waals surface area (Å²) in [6.07, 6.45) is -2.88. The van der Waals surface area contributed by atoms with Crippen LogP contribution in [0.1, 0.15) is 44.3 Å². The Morgan fingerprint density at radius 3 is 2.03 bits per heavy atom. The molecule has 1 fully saturated rings. The average molecular weight is 522 g/mol. The van der Waals surface area contributed by atoms with Gasteiger partial charge in [0.1, 0.15) is 12.7 Å². The number of esters is 4. The highest BCUT2D eigenvalue weighted by Gasteiger charge is 2.53. The molecule has 0 radical (unpaired) electrons. The number of fused-ring (bicyclic) bond motifs is 1. The van der Waals surface area contributed by atoms with Crippen molar-refractivity contribution in [3.05, 3.63) is 36.0 Å². The fraction of sp³-hybridized carbons (Fsp3) is 0.458. The normalized spacial score (nSPS) is 23.5. The highest BCUT2D eigenvalue weighted by atomic mass is 32.2. The first kappa shape index (κ1) is 27.2. The van der Waals surface area contributed by atoms with Gasteiger partial charge in [0.25, 0.3) is 0 Å². The fourth-order valence-electron chi connectivity index (χ4n) is 4.12. The summed E-state index contributed by atoms with van der Waals surface area (Å²) in [6.45, 7) is 4.34. The molecule has 0 saturated carbocycles. The van der Waals surface area contributed by atoms with E-state index >= 15 is 0 Å². The van der Waals surface area contributed by atoms with Gasteiger partial charge >= 0.3 is 23.9 Å². The minimum absolute atomic E-state index is 0.199. The SMILES string of the molecule is CSC(=O)c1cn([C@@H]2O[C@H](COC(C)=O)[C@@H](OC(C)=O)[C@H](OC(C)=O)[C@H]2OC(C)=O)c2ccccc12. The van der Waals surface area contributed by atoms with Crippen LogP contribution >= 0.6 is 11.8 Å². The fourth-order valence-corrected chi connectivity index (χ4v) is 4.50. The smallest absolute Gasteiger partial charge is 0.303 e. The number of thioether (sulfide) groups is 1. The zero-order valence-electron chi connectivity index (χ0n) is 20.4. The summed E-state index contributed by atoms with van der Waals surface area (Å²) in [7, 11) is 0. The predicted molar refractivity (Wildman–Crippen MR) is 127 cm³/mol. The number of carbonyl (C=O) groups excluding carboxylic acids is 5. The molecule has 2 aromatic rings. The van der Waals surface area contributed by atoms with Crippen molar-refractivity contribution in [3.8, 4) is 0 Å². The van der Waals surface area contributed by atoms with E-state index in [1.54, 1.807) is 41.3 Å². The lowest BCUT2D eigenvalue weighted by molar-refractivity contribution is -0.267. The molecular weight excluding hydrogens is 494 g/mol. The summed E-state index contributed by atoms with van der Waals surface area (Å²) in [5, 5.41) is 0.431. The molecule has 194 valence electrons. The lowest BCUT2D eigenvalue weighted by atomic mass is 9.97. The third-order valence-corrected chi connectivity index (χ3v) is 5.98. The van der Waals surface area contributed by atoms with Crippen LogP contribution in [0.3, 0.4) is 0 Å². The maximum atomic E-state index is 12.6. The van der Waals surface area contributed by atoms with Gasteiger partial charge in [-0.2, -0.15) is 0 Å². The number of aromatic nitrogens is 1. The molecule has 0 aliphatic carbocycles. The summed E-state index contributed by atoms with van der Waals surface area (Å²) in [4.78, 5) is 60.3. The van der Waals surface area contributed by atoms with Gasteiger partial charge in [-0.25, -0.2) is 0 Å². The van der Waals surface area contributed by atoms with Crippen LogP contribution in [-0.4, -0.2) is 70.8 Å². The maximum Gasteiger partial charge on any atom is 0.303 e. The van der Waals surface area contributed by atoms with E-state index in [-0.39, 0.29) is 11.7 Å². The standard InChI is InChI=1S/C24H27NO10S/c1-12(26)31-11-19-20(32-13(2)27)21(33-14(3)28)22(34-15(4)29)23(35-19)25-10-17(24(30)36-5)16-8-6-7-9-18(16)25/h6-10,19-23H,11H2,1-5H3/t19-,20-,21+,22-,23-/m1/s1. The molecule has 0 unspecified atom stereocenters. The lowest BCUT2D eigenvalue weighted by Gasteiger charge is -2.44. The van der Waals surface area contributed by atoms with Crippen molar-refractivity contribution in [1.82, 2.24) is 4.57 Å². The monoisotopic (exact) mass is 521 g/mol. The summed E-state index contributed by atoms with van der Waals surface area (Å²) in [5.74, 6) is -2.76. The number of benzene rings is 1. The van der Waals surface area contributed by atoms with E-state index in [2.05, 4.69) is 0 Å². The van der Waals surface area contributed by atoms with Gasteiger partial charge < -0.3 is 28.3 Å². The van der Waals surface area contributed by atoms with E-state index in [4.69, 9.17) is 23.7 Å². The molecule has 1 aliphatic heterocycles. The zero-order chi connectivity index (χ0) is 26.6. The molecule has 1 aliphatic rings. The Balaban J connectivity index is 2.20. The van der Waals surface area contributed by atoms with Crippen LogP contribution < -0.4 is 0 Å². The van der Waals surface area contributed by atoms with Crippen molar-refractivity contribution in [1.29, 1.82) is 0 Å². The molecule has 1 aromatic heterocycles. The van der Waals surface area contributed by atoms with Gasteiger partial charge in [-0.3, -0.25) is 24.0 Å². The van der Waals surface area contributed by atoms with E-state index < -0.39 is 54.5 Å². The molecular formula is C24H27NO10S. The average Bonchev–Trinajstić information content (AvgIpc) is 3.18. The van der Waals surface area contributed by atoms with Gasteiger partial charge in [-0.15, -0.1) is 0 Å². The van der Waals surface area contributed by atoms with Crippen LogP contribution in [0.4, 0.5) is 0 Å². The third-order valence-electron chi connectivity index (χ3n) is 5.39. The van der Waals surface area contributed by atoms with Crippen LogP contribution in [0.15, 0.2) is 30.5 Å².